The van der Waals surface area contributed by atoms with Crippen LogP contribution >= 0.6 is 28.1 Å². The van der Waals surface area contributed by atoms with Crippen LogP contribution in [-0.2, 0) is 6.42 Å². The van der Waals surface area contributed by atoms with Crippen molar-refractivity contribution in [1.82, 2.24) is 9.55 Å². The molecule has 4 heteroatoms. The second kappa shape index (κ2) is 5.19. The molecule has 0 atom stereocenters. The summed E-state index contributed by atoms with van der Waals surface area (Å²) in [5, 5.41) is 0. The summed E-state index contributed by atoms with van der Waals surface area (Å²) >= 11 is 9.07. The Kier molecular flexibility index (Phi) is 3.52. The summed E-state index contributed by atoms with van der Waals surface area (Å²) in [6, 6.07) is 12.6. The fourth-order valence-electron chi connectivity index (χ4n) is 2.57. The van der Waals surface area contributed by atoms with Gasteiger partial charge in [-0.15, -0.1) is 0 Å². The summed E-state index contributed by atoms with van der Waals surface area (Å²) in [6.07, 6.45) is 0.967. The van der Waals surface area contributed by atoms with Crippen LogP contribution in [0.2, 0.25) is 0 Å². The van der Waals surface area contributed by atoms with Crippen LogP contribution in [0, 0.1) is 11.7 Å². The van der Waals surface area contributed by atoms with Gasteiger partial charge < -0.3 is 4.98 Å². The number of hydrogen-bond donors (Lipinski definition) is 1. The average molecular weight is 347 g/mol. The van der Waals surface area contributed by atoms with Crippen molar-refractivity contribution in [3.63, 3.8) is 0 Å². The molecule has 0 aliphatic heterocycles. The number of benzene rings is 2. The Hall–Kier alpha value is -1.39. The van der Waals surface area contributed by atoms with E-state index in [0.717, 1.165) is 32.4 Å². The Morgan fingerprint density at radius 1 is 1.25 bits per heavy atom. The molecule has 102 valence electrons. The molecule has 1 heterocycles. The van der Waals surface area contributed by atoms with Gasteiger partial charge in [0.15, 0.2) is 4.77 Å². The fraction of sp³-hybridized carbons (Fsp3) is 0.188. The van der Waals surface area contributed by atoms with Gasteiger partial charge in [0.25, 0.3) is 0 Å². The fourth-order valence-corrected chi connectivity index (χ4v) is 3.28. The van der Waals surface area contributed by atoms with Crippen LogP contribution in [0.3, 0.4) is 0 Å². The van der Waals surface area contributed by atoms with Crippen LogP contribution in [0.15, 0.2) is 40.9 Å². The normalized spacial score (nSPS) is 11.2. The van der Waals surface area contributed by atoms with E-state index in [1.54, 1.807) is 0 Å². The van der Waals surface area contributed by atoms with E-state index in [0.29, 0.717) is 0 Å². The van der Waals surface area contributed by atoms with Crippen molar-refractivity contribution < 1.29 is 0 Å². The van der Waals surface area contributed by atoms with E-state index in [9.17, 15) is 0 Å². The second-order valence-electron chi connectivity index (χ2n) is 4.86. The van der Waals surface area contributed by atoms with Crippen LogP contribution in [0.5, 0.6) is 0 Å². The molecule has 0 amide bonds. The van der Waals surface area contributed by atoms with Gasteiger partial charge in [-0.2, -0.15) is 0 Å². The molecule has 0 aliphatic carbocycles. The topological polar surface area (TPSA) is 20.7 Å². The summed E-state index contributed by atoms with van der Waals surface area (Å²) in [7, 11) is 0. The van der Waals surface area contributed by atoms with Crippen molar-refractivity contribution in [3.8, 4) is 5.69 Å². The number of H-pyrrole nitrogens is 1. The summed E-state index contributed by atoms with van der Waals surface area (Å²) in [5.41, 5.74) is 5.88. The number of hydrogen-bond acceptors (Lipinski definition) is 1. The lowest BCUT2D eigenvalue weighted by Crippen LogP contribution is -1.99. The largest absolute Gasteiger partial charge is 0.330 e. The lowest BCUT2D eigenvalue weighted by atomic mass is 10.1. The molecule has 3 rings (SSSR count). The molecular formula is C16H15BrN2S. The number of imidazole rings is 1. The Labute approximate surface area is 131 Å². The smallest absolute Gasteiger partial charge is 0.182 e. The molecule has 20 heavy (non-hydrogen) atoms. The quantitative estimate of drug-likeness (QED) is 0.622. The van der Waals surface area contributed by atoms with Gasteiger partial charge in [-0.3, -0.25) is 4.57 Å². The number of aromatic amines is 1. The molecule has 0 saturated heterocycles. The molecule has 3 aromatic rings. The van der Waals surface area contributed by atoms with E-state index in [1.165, 1.54) is 11.1 Å². The van der Waals surface area contributed by atoms with Gasteiger partial charge in [0.2, 0.25) is 0 Å². The van der Waals surface area contributed by atoms with Crippen molar-refractivity contribution in [2.45, 2.75) is 20.3 Å². The third kappa shape index (κ3) is 2.13. The zero-order chi connectivity index (χ0) is 14.3. The number of nitrogens with zero attached hydrogens (tertiary/aromatic N) is 1. The average Bonchev–Trinajstić information content (AvgIpc) is 2.77. The van der Waals surface area contributed by atoms with Gasteiger partial charge in [-0.05, 0) is 61.0 Å². The molecule has 0 bridgehead atoms. The molecule has 1 N–H and O–H groups in total. The van der Waals surface area contributed by atoms with Crippen LogP contribution < -0.4 is 0 Å². The molecule has 1 aromatic heterocycles. The lowest BCUT2D eigenvalue weighted by Gasteiger charge is -2.11. The van der Waals surface area contributed by atoms with Crippen LogP contribution in [0.4, 0.5) is 0 Å². The zero-order valence-corrected chi connectivity index (χ0v) is 13.8. The van der Waals surface area contributed by atoms with E-state index in [2.05, 4.69) is 75.7 Å². The van der Waals surface area contributed by atoms with E-state index >= 15 is 0 Å². The van der Waals surface area contributed by atoms with Crippen LogP contribution in [-0.4, -0.2) is 9.55 Å². The highest BCUT2D eigenvalue weighted by Gasteiger charge is 2.11. The first kappa shape index (κ1) is 13.6. The Bertz CT molecular complexity index is 845. The number of fused-ring (bicyclic) bond motifs is 1. The molecule has 0 fully saturated rings. The predicted molar refractivity (Wildman–Crippen MR) is 90.3 cm³/mol. The standard InChI is InChI=1S/C16H15BrN2S/c1-3-11-9-12(17)7-8-13(11)19-14-6-4-5-10(2)15(14)18-16(19)20/h4-9H,3H2,1-2H3,(H,18,20). The predicted octanol–water partition coefficient (Wildman–Crippen LogP) is 5.32. The number of para-hydroxylation sites is 1. The number of aryl methyl sites for hydroxylation is 2. The number of rotatable bonds is 2. The summed E-state index contributed by atoms with van der Waals surface area (Å²) in [4.78, 5) is 3.33. The Morgan fingerprint density at radius 2 is 2.05 bits per heavy atom. The van der Waals surface area contributed by atoms with Crippen molar-refractivity contribution in [2.75, 3.05) is 0 Å². The monoisotopic (exact) mass is 346 g/mol. The minimum atomic E-state index is 0.742. The Morgan fingerprint density at radius 3 is 2.80 bits per heavy atom. The highest BCUT2D eigenvalue weighted by Crippen LogP contribution is 2.26. The molecule has 0 radical (unpaired) electrons. The van der Waals surface area contributed by atoms with Gasteiger partial charge >= 0.3 is 0 Å². The third-order valence-corrected chi connectivity index (χ3v) is 4.37. The second-order valence-corrected chi connectivity index (χ2v) is 6.16. The highest BCUT2D eigenvalue weighted by atomic mass is 79.9. The minimum absolute atomic E-state index is 0.742. The summed E-state index contributed by atoms with van der Waals surface area (Å²) < 4.78 is 3.97. The van der Waals surface area contributed by atoms with Crippen molar-refractivity contribution in [2.24, 2.45) is 0 Å². The first-order valence-corrected chi connectivity index (χ1v) is 7.81. The summed E-state index contributed by atoms with van der Waals surface area (Å²) in [6.45, 7) is 4.26. The van der Waals surface area contributed by atoms with Crippen molar-refractivity contribution in [3.05, 3.63) is 56.8 Å². The first-order valence-electron chi connectivity index (χ1n) is 6.61. The van der Waals surface area contributed by atoms with E-state index in [-0.39, 0.29) is 0 Å². The molecule has 2 nitrogen and oxygen atoms in total. The van der Waals surface area contributed by atoms with E-state index in [4.69, 9.17) is 12.2 Å². The van der Waals surface area contributed by atoms with Crippen LogP contribution in [0.25, 0.3) is 16.7 Å². The maximum atomic E-state index is 5.53. The number of halogens is 1. The van der Waals surface area contributed by atoms with Gasteiger partial charge in [-0.1, -0.05) is 35.0 Å². The SMILES string of the molecule is CCc1cc(Br)ccc1-n1c(=S)[nH]c2c(C)cccc21. The van der Waals surface area contributed by atoms with Gasteiger partial charge in [0.1, 0.15) is 0 Å². The molecule has 0 spiro atoms. The first-order chi connectivity index (χ1) is 9.61. The van der Waals surface area contributed by atoms with Crippen molar-refractivity contribution >= 4 is 39.2 Å². The third-order valence-electron chi connectivity index (χ3n) is 3.59. The Balaban J connectivity index is 2.38. The number of nitrogens with one attached hydrogen (secondary N) is 1. The molecule has 2 aromatic carbocycles. The van der Waals surface area contributed by atoms with Gasteiger partial charge in [0.05, 0.1) is 16.7 Å². The minimum Gasteiger partial charge on any atom is -0.330 e. The van der Waals surface area contributed by atoms with Crippen molar-refractivity contribution in [1.29, 1.82) is 0 Å². The van der Waals surface area contributed by atoms with E-state index < -0.39 is 0 Å². The van der Waals surface area contributed by atoms with Gasteiger partial charge in [-0.25, -0.2) is 0 Å². The molecular weight excluding hydrogens is 332 g/mol. The number of aromatic nitrogens is 2. The zero-order valence-electron chi connectivity index (χ0n) is 11.4. The van der Waals surface area contributed by atoms with E-state index in [1.807, 2.05) is 0 Å². The van der Waals surface area contributed by atoms with Gasteiger partial charge in [0, 0.05) is 4.47 Å². The highest BCUT2D eigenvalue weighted by molar-refractivity contribution is 9.10. The lowest BCUT2D eigenvalue weighted by molar-refractivity contribution is 1.01. The maximum Gasteiger partial charge on any atom is 0.182 e. The summed E-state index contributed by atoms with van der Waals surface area (Å²) in [5.74, 6) is 0. The van der Waals surface area contributed by atoms with Crippen LogP contribution in [0.1, 0.15) is 18.1 Å². The molecule has 0 aliphatic rings. The molecule has 0 saturated carbocycles. The maximum absolute atomic E-state index is 5.53. The molecule has 0 unspecified atom stereocenters.